The fraction of sp³-hybridized carbons (Fsp3) is 0.333. The molecule has 2 aromatic carbocycles. The average molecular weight is 440 g/mol. The molecule has 0 aromatic heterocycles. The van der Waals surface area contributed by atoms with Gasteiger partial charge in [0, 0.05) is 11.4 Å². The van der Waals surface area contributed by atoms with Crippen LogP contribution in [0.4, 0.5) is 5.69 Å². The van der Waals surface area contributed by atoms with E-state index >= 15 is 0 Å². The van der Waals surface area contributed by atoms with E-state index in [0.717, 1.165) is 23.2 Å². The summed E-state index contributed by atoms with van der Waals surface area (Å²) in [7, 11) is 0. The highest BCUT2D eigenvalue weighted by atomic mass is 32.1. The molecule has 0 saturated heterocycles. The van der Waals surface area contributed by atoms with Crippen LogP contribution in [-0.4, -0.2) is 24.2 Å². The zero-order valence-corrected chi connectivity index (χ0v) is 19.2. The van der Waals surface area contributed by atoms with Gasteiger partial charge in [-0.1, -0.05) is 30.7 Å². The first kappa shape index (κ1) is 22.6. The molecule has 0 unspecified atom stereocenters. The molecule has 1 atom stereocenters. The minimum Gasteiger partial charge on any atom is -0.490 e. The normalized spacial score (nSPS) is 15.7. The number of benzene rings is 2. The fourth-order valence-corrected chi connectivity index (χ4v) is 3.65. The summed E-state index contributed by atoms with van der Waals surface area (Å²) in [6.07, 6.45) is 0.905. The summed E-state index contributed by atoms with van der Waals surface area (Å²) in [4.78, 5) is 13.2. The van der Waals surface area contributed by atoms with Gasteiger partial charge in [-0.15, -0.1) is 0 Å². The second-order valence-electron chi connectivity index (χ2n) is 7.38. The van der Waals surface area contributed by atoms with Crippen LogP contribution in [0.1, 0.15) is 44.4 Å². The van der Waals surface area contributed by atoms with Gasteiger partial charge in [0.15, 0.2) is 16.6 Å². The summed E-state index contributed by atoms with van der Waals surface area (Å²) < 4.78 is 11.6. The maximum absolute atomic E-state index is 13.2. The van der Waals surface area contributed by atoms with E-state index in [9.17, 15) is 4.79 Å². The van der Waals surface area contributed by atoms with E-state index in [2.05, 4.69) is 22.9 Å². The van der Waals surface area contributed by atoms with Crippen molar-refractivity contribution >= 4 is 28.9 Å². The van der Waals surface area contributed by atoms with Crippen molar-refractivity contribution in [2.45, 2.75) is 40.2 Å². The van der Waals surface area contributed by atoms with Crippen LogP contribution >= 0.6 is 12.2 Å². The third-order valence-corrected chi connectivity index (χ3v) is 5.11. The van der Waals surface area contributed by atoms with E-state index < -0.39 is 6.04 Å². The van der Waals surface area contributed by atoms with Gasteiger partial charge in [-0.25, -0.2) is 0 Å². The Morgan fingerprint density at radius 2 is 1.81 bits per heavy atom. The minimum absolute atomic E-state index is 0.196. The number of carbonyl (C=O) groups is 1. The van der Waals surface area contributed by atoms with Crippen LogP contribution in [0.15, 0.2) is 53.7 Å². The maximum atomic E-state index is 13.2. The summed E-state index contributed by atoms with van der Waals surface area (Å²) in [6.45, 7) is 8.97. The molecule has 1 heterocycles. The largest absolute Gasteiger partial charge is 0.490 e. The van der Waals surface area contributed by atoms with Gasteiger partial charge >= 0.3 is 0 Å². The molecule has 0 radical (unpaired) electrons. The first-order chi connectivity index (χ1) is 14.9. The van der Waals surface area contributed by atoms with Crippen LogP contribution in [0.3, 0.4) is 0 Å². The monoisotopic (exact) mass is 439 g/mol. The van der Waals surface area contributed by atoms with E-state index in [1.807, 2.05) is 63.2 Å². The predicted molar refractivity (Wildman–Crippen MR) is 128 cm³/mol. The number of nitrogens with one attached hydrogen (secondary N) is 3. The first-order valence-corrected chi connectivity index (χ1v) is 10.9. The third kappa shape index (κ3) is 5.55. The minimum atomic E-state index is -0.418. The van der Waals surface area contributed by atoms with Crippen LogP contribution < -0.4 is 25.4 Å². The Hall–Kier alpha value is -3.06. The van der Waals surface area contributed by atoms with E-state index in [0.29, 0.717) is 41.1 Å². The second-order valence-corrected chi connectivity index (χ2v) is 7.79. The zero-order valence-electron chi connectivity index (χ0n) is 18.4. The van der Waals surface area contributed by atoms with E-state index in [4.69, 9.17) is 21.7 Å². The number of anilines is 1. The number of rotatable bonds is 8. The number of carbonyl (C=O) groups excluding carboxylic acids is 1. The van der Waals surface area contributed by atoms with Crippen LogP contribution in [0.25, 0.3) is 0 Å². The van der Waals surface area contributed by atoms with Crippen molar-refractivity contribution < 1.29 is 14.3 Å². The van der Waals surface area contributed by atoms with Crippen LogP contribution in [0, 0.1) is 6.92 Å². The number of allylic oxidation sites excluding steroid dienone is 1. The van der Waals surface area contributed by atoms with Crippen molar-refractivity contribution in [3.8, 4) is 11.5 Å². The molecule has 0 fully saturated rings. The molecule has 0 bridgehead atoms. The molecule has 2 aromatic rings. The highest BCUT2D eigenvalue weighted by Gasteiger charge is 2.30. The Labute approximate surface area is 189 Å². The molecule has 7 heteroatoms. The van der Waals surface area contributed by atoms with Gasteiger partial charge in [-0.05, 0) is 69.2 Å². The quantitative estimate of drug-likeness (QED) is 0.522. The van der Waals surface area contributed by atoms with Gasteiger partial charge < -0.3 is 25.4 Å². The summed E-state index contributed by atoms with van der Waals surface area (Å²) in [5.41, 5.74) is 4.01. The summed E-state index contributed by atoms with van der Waals surface area (Å²) >= 11 is 5.37. The second kappa shape index (κ2) is 10.3. The molecule has 0 aliphatic carbocycles. The number of aryl methyl sites for hydroxylation is 1. The third-order valence-electron chi connectivity index (χ3n) is 4.89. The molecule has 6 nitrogen and oxygen atoms in total. The van der Waals surface area contributed by atoms with Gasteiger partial charge in [-0.2, -0.15) is 0 Å². The van der Waals surface area contributed by atoms with E-state index in [1.165, 1.54) is 0 Å². The van der Waals surface area contributed by atoms with Crippen molar-refractivity contribution in [1.29, 1.82) is 0 Å². The zero-order chi connectivity index (χ0) is 22.4. The smallest absolute Gasteiger partial charge is 0.255 e. The molecule has 0 spiro atoms. The van der Waals surface area contributed by atoms with Crippen LogP contribution in [-0.2, 0) is 4.79 Å². The molecule has 3 N–H and O–H groups in total. The Balaban J connectivity index is 1.94. The van der Waals surface area contributed by atoms with Gasteiger partial charge in [0.25, 0.3) is 5.91 Å². The molecular weight excluding hydrogens is 410 g/mol. The maximum Gasteiger partial charge on any atom is 0.255 e. The summed E-state index contributed by atoms with van der Waals surface area (Å²) in [6, 6.07) is 13.0. The molecule has 0 saturated carbocycles. The lowest BCUT2D eigenvalue weighted by atomic mass is 9.94. The molecular formula is C24H29N3O3S. The van der Waals surface area contributed by atoms with Crippen molar-refractivity contribution in [1.82, 2.24) is 10.6 Å². The van der Waals surface area contributed by atoms with Gasteiger partial charge in [-0.3, -0.25) is 4.79 Å². The Bertz CT molecular complexity index is 986. The molecule has 1 aliphatic rings. The van der Waals surface area contributed by atoms with Gasteiger partial charge in [0.1, 0.15) is 0 Å². The average Bonchev–Trinajstić information content (AvgIpc) is 2.74. The van der Waals surface area contributed by atoms with Crippen molar-refractivity contribution in [2.75, 3.05) is 18.5 Å². The number of ether oxygens (including phenoxy) is 2. The molecule has 1 aliphatic heterocycles. The number of thiocarbonyl (C=S) groups is 1. The molecule has 3 rings (SSSR count). The van der Waals surface area contributed by atoms with Crippen molar-refractivity contribution in [3.63, 3.8) is 0 Å². The lowest BCUT2D eigenvalue weighted by molar-refractivity contribution is -0.113. The predicted octanol–water partition coefficient (Wildman–Crippen LogP) is 4.61. The standard InChI is InChI=1S/C24H29N3O3S/c1-5-13-30-19-12-9-17(14-20(19)29-6-2)22-21(16(4)25-24(31)27-22)23(28)26-18-10-7-15(3)8-11-18/h7-12,14,22H,5-6,13H2,1-4H3,(H,26,28)(H2,25,27,31)/t22-/m0/s1. The van der Waals surface area contributed by atoms with E-state index in [1.54, 1.807) is 0 Å². The lowest BCUT2D eigenvalue weighted by Crippen LogP contribution is -2.45. The van der Waals surface area contributed by atoms with Gasteiger partial charge in [0.2, 0.25) is 0 Å². The SMILES string of the molecule is CCCOc1ccc([C@@H]2NC(=S)NC(C)=C2C(=O)Nc2ccc(C)cc2)cc1OCC. The Morgan fingerprint density at radius 3 is 2.48 bits per heavy atom. The fourth-order valence-electron chi connectivity index (χ4n) is 3.38. The number of hydrogen-bond acceptors (Lipinski definition) is 4. The van der Waals surface area contributed by atoms with Crippen LogP contribution in [0.5, 0.6) is 11.5 Å². The van der Waals surface area contributed by atoms with Crippen molar-refractivity contribution in [2.24, 2.45) is 0 Å². The Kier molecular flexibility index (Phi) is 7.52. The number of hydrogen-bond donors (Lipinski definition) is 3. The van der Waals surface area contributed by atoms with E-state index in [-0.39, 0.29) is 5.91 Å². The topological polar surface area (TPSA) is 71.6 Å². The highest BCUT2D eigenvalue weighted by molar-refractivity contribution is 7.80. The molecule has 1 amide bonds. The highest BCUT2D eigenvalue weighted by Crippen LogP contribution is 2.35. The van der Waals surface area contributed by atoms with Gasteiger partial charge in [0.05, 0.1) is 24.8 Å². The lowest BCUT2D eigenvalue weighted by Gasteiger charge is -2.30. The summed E-state index contributed by atoms with van der Waals surface area (Å²) in [5, 5.41) is 9.75. The summed E-state index contributed by atoms with van der Waals surface area (Å²) in [5.74, 6) is 1.14. The Morgan fingerprint density at radius 1 is 1.06 bits per heavy atom. The number of amides is 1. The van der Waals surface area contributed by atoms with Crippen molar-refractivity contribution in [3.05, 3.63) is 64.9 Å². The molecule has 31 heavy (non-hydrogen) atoms. The molecule has 164 valence electrons. The van der Waals surface area contributed by atoms with Crippen LogP contribution in [0.2, 0.25) is 0 Å². The first-order valence-electron chi connectivity index (χ1n) is 10.5.